The minimum Gasteiger partial charge on any atom is -0.372 e. The van der Waals surface area contributed by atoms with Crippen LogP contribution in [0.5, 0.6) is 0 Å². The van der Waals surface area contributed by atoms with Crippen molar-refractivity contribution >= 4 is 23.2 Å². The number of hydrogen-bond donors (Lipinski definition) is 2. The Balaban J connectivity index is 1.64. The minimum absolute atomic E-state index is 0.00779. The molecule has 6 heteroatoms. The molecule has 1 aromatic heterocycles. The van der Waals surface area contributed by atoms with Gasteiger partial charge in [-0.3, -0.25) is 14.6 Å². The molecule has 1 aliphatic rings. The van der Waals surface area contributed by atoms with Gasteiger partial charge in [0.05, 0.1) is 0 Å². The van der Waals surface area contributed by atoms with Crippen LogP contribution in [0.4, 0.5) is 11.4 Å². The normalized spacial score (nSPS) is 14.8. The van der Waals surface area contributed by atoms with Crippen LogP contribution in [0.15, 0.2) is 42.6 Å². The molecule has 1 aromatic carbocycles. The van der Waals surface area contributed by atoms with Gasteiger partial charge < -0.3 is 15.5 Å². The van der Waals surface area contributed by atoms with Gasteiger partial charge in [-0.25, -0.2) is 0 Å². The van der Waals surface area contributed by atoms with Crippen LogP contribution in [0.3, 0.4) is 0 Å². The number of carbonyl (C=O) groups is 2. The summed E-state index contributed by atoms with van der Waals surface area (Å²) in [5.74, 6) is 0.244. The van der Waals surface area contributed by atoms with E-state index < -0.39 is 0 Å². The van der Waals surface area contributed by atoms with Crippen molar-refractivity contribution in [3.63, 3.8) is 0 Å². The number of piperidine rings is 1. The fraction of sp³-hybridized carbons (Fsp3) is 0.409. The van der Waals surface area contributed by atoms with E-state index >= 15 is 0 Å². The summed E-state index contributed by atoms with van der Waals surface area (Å²) in [5, 5.41) is 5.66. The van der Waals surface area contributed by atoms with Gasteiger partial charge in [0, 0.05) is 42.3 Å². The molecule has 0 saturated carbocycles. The number of nitrogens with zero attached hydrogens (tertiary/aromatic N) is 2. The highest BCUT2D eigenvalue weighted by atomic mass is 16.2. The lowest BCUT2D eigenvalue weighted by molar-refractivity contribution is 0.0938. The maximum Gasteiger partial charge on any atom is 0.270 e. The Hall–Kier alpha value is -2.89. The van der Waals surface area contributed by atoms with E-state index in [1.54, 1.807) is 6.07 Å². The van der Waals surface area contributed by atoms with E-state index in [9.17, 15) is 9.59 Å². The SMILES string of the molecule is CC1CCN(c2ccc(NC(=O)c3ccnc(C(=O)NC(C)C)c3)cc2)CC1. The van der Waals surface area contributed by atoms with Crippen molar-refractivity contribution < 1.29 is 9.59 Å². The maximum absolute atomic E-state index is 12.6. The molecule has 2 heterocycles. The zero-order valence-corrected chi connectivity index (χ0v) is 16.7. The van der Waals surface area contributed by atoms with E-state index in [-0.39, 0.29) is 23.6 Å². The van der Waals surface area contributed by atoms with Crippen LogP contribution in [0, 0.1) is 5.92 Å². The van der Waals surface area contributed by atoms with Crippen molar-refractivity contribution in [2.24, 2.45) is 5.92 Å². The monoisotopic (exact) mass is 380 g/mol. The van der Waals surface area contributed by atoms with Crippen LogP contribution < -0.4 is 15.5 Å². The Labute approximate surface area is 166 Å². The first kappa shape index (κ1) is 19.9. The van der Waals surface area contributed by atoms with Gasteiger partial charge in [0.2, 0.25) is 0 Å². The van der Waals surface area contributed by atoms with Gasteiger partial charge in [0.1, 0.15) is 5.69 Å². The molecule has 2 amide bonds. The molecule has 0 spiro atoms. The first-order valence-electron chi connectivity index (χ1n) is 9.85. The Kier molecular flexibility index (Phi) is 6.29. The molecule has 6 nitrogen and oxygen atoms in total. The summed E-state index contributed by atoms with van der Waals surface area (Å²) in [5.41, 5.74) is 2.54. The van der Waals surface area contributed by atoms with Crippen LogP contribution in [0.25, 0.3) is 0 Å². The smallest absolute Gasteiger partial charge is 0.270 e. The fourth-order valence-electron chi connectivity index (χ4n) is 3.26. The molecule has 0 atom stereocenters. The second-order valence-corrected chi connectivity index (χ2v) is 7.73. The van der Waals surface area contributed by atoms with Gasteiger partial charge in [-0.1, -0.05) is 6.92 Å². The second kappa shape index (κ2) is 8.87. The van der Waals surface area contributed by atoms with Gasteiger partial charge in [-0.2, -0.15) is 0 Å². The van der Waals surface area contributed by atoms with Crippen LogP contribution in [-0.4, -0.2) is 35.9 Å². The summed E-state index contributed by atoms with van der Waals surface area (Å²) in [6.45, 7) is 8.20. The molecular formula is C22H28N4O2. The summed E-state index contributed by atoms with van der Waals surface area (Å²) >= 11 is 0. The summed E-state index contributed by atoms with van der Waals surface area (Å²) in [6.07, 6.45) is 3.91. The molecule has 0 unspecified atom stereocenters. The average Bonchev–Trinajstić information content (AvgIpc) is 2.69. The van der Waals surface area contributed by atoms with E-state index in [1.165, 1.54) is 30.8 Å². The van der Waals surface area contributed by atoms with Crippen molar-refractivity contribution in [2.75, 3.05) is 23.3 Å². The van der Waals surface area contributed by atoms with E-state index in [0.29, 0.717) is 5.56 Å². The third kappa shape index (κ3) is 5.09. The Morgan fingerprint density at radius 3 is 2.39 bits per heavy atom. The molecule has 1 aliphatic heterocycles. The lowest BCUT2D eigenvalue weighted by Gasteiger charge is -2.32. The topological polar surface area (TPSA) is 74.3 Å². The Bertz CT molecular complexity index is 825. The Morgan fingerprint density at radius 1 is 1.07 bits per heavy atom. The minimum atomic E-state index is -0.287. The molecular weight excluding hydrogens is 352 g/mol. The van der Waals surface area contributed by atoms with E-state index in [0.717, 1.165) is 24.7 Å². The number of nitrogens with one attached hydrogen (secondary N) is 2. The number of aromatic nitrogens is 1. The van der Waals surface area contributed by atoms with E-state index in [2.05, 4.69) is 27.4 Å². The number of amides is 2. The number of anilines is 2. The number of carbonyl (C=O) groups excluding carboxylic acids is 2. The van der Waals surface area contributed by atoms with Gasteiger partial charge >= 0.3 is 0 Å². The van der Waals surface area contributed by atoms with Crippen LogP contribution in [-0.2, 0) is 0 Å². The van der Waals surface area contributed by atoms with Crippen LogP contribution in [0.1, 0.15) is 54.5 Å². The molecule has 1 saturated heterocycles. The van der Waals surface area contributed by atoms with Crippen molar-refractivity contribution in [3.8, 4) is 0 Å². The Morgan fingerprint density at radius 2 is 1.75 bits per heavy atom. The summed E-state index contributed by atoms with van der Waals surface area (Å²) in [7, 11) is 0. The molecule has 0 radical (unpaired) electrons. The van der Waals surface area contributed by atoms with Gasteiger partial charge in [0.15, 0.2) is 0 Å². The predicted octanol–water partition coefficient (Wildman–Crippen LogP) is 3.71. The van der Waals surface area contributed by atoms with Gasteiger partial charge in [-0.15, -0.1) is 0 Å². The second-order valence-electron chi connectivity index (χ2n) is 7.73. The molecule has 2 N–H and O–H groups in total. The molecule has 148 valence electrons. The third-order valence-electron chi connectivity index (χ3n) is 4.95. The first-order valence-corrected chi connectivity index (χ1v) is 9.85. The lowest BCUT2D eigenvalue weighted by atomic mass is 9.99. The summed E-state index contributed by atoms with van der Waals surface area (Å²) in [4.78, 5) is 31.1. The lowest BCUT2D eigenvalue weighted by Crippen LogP contribution is -2.32. The van der Waals surface area contributed by atoms with Crippen molar-refractivity contribution in [3.05, 3.63) is 53.9 Å². The summed E-state index contributed by atoms with van der Waals surface area (Å²) < 4.78 is 0. The average molecular weight is 380 g/mol. The first-order chi connectivity index (χ1) is 13.4. The van der Waals surface area contributed by atoms with Crippen molar-refractivity contribution in [2.45, 2.75) is 39.7 Å². The number of rotatable bonds is 5. The van der Waals surface area contributed by atoms with E-state index in [1.807, 2.05) is 38.1 Å². The quantitative estimate of drug-likeness (QED) is 0.829. The molecule has 28 heavy (non-hydrogen) atoms. The summed E-state index contributed by atoms with van der Waals surface area (Å²) in [6, 6.07) is 11.0. The molecule has 0 bridgehead atoms. The molecule has 0 aliphatic carbocycles. The highest BCUT2D eigenvalue weighted by Gasteiger charge is 2.16. The fourth-order valence-corrected chi connectivity index (χ4v) is 3.26. The van der Waals surface area contributed by atoms with Crippen LogP contribution >= 0.6 is 0 Å². The van der Waals surface area contributed by atoms with Crippen molar-refractivity contribution in [1.82, 2.24) is 10.3 Å². The zero-order chi connectivity index (χ0) is 20.1. The zero-order valence-electron chi connectivity index (χ0n) is 16.7. The molecule has 1 fully saturated rings. The van der Waals surface area contributed by atoms with E-state index in [4.69, 9.17) is 0 Å². The third-order valence-corrected chi connectivity index (χ3v) is 4.95. The van der Waals surface area contributed by atoms with Crippen LogP contribution in [0.2, 0.25) is 0 Å². The molecule has 2 aromatic rings. The van der Waals surface area contributed by atoms with Crippen molar-refractivity contribution in [1.29, 1.82) is 0 Å². The number of pyridine rings is 1. The highest BCUT2D eigenvalue weighted by molar-refractivity contribution is 6.05. The van der Waals surface area contributed by atoms with Gasteiger partial charge in [-0.05, 0) is 69.0 Å². The maximum atomic E-state index is 12.6. The number of hydrogen-bond acceptors (Lipinski definition) is 4. The predicted molar refractivity (Wildman–Crippen MR) is 112 cm³/mol. The molecule has 3 rings (SSSR count). The largest absolute Gasteiger partial charge is 0.372 e. The highest BCUT2D eigenvalue weighted by Crippen LogP contribution is 2.24. The van der Waals surface area contributed by atoms with Gasteiger partial charge in [0.25, 0.3) is 11.8 Å². The standard InChI is InChI=1S/C22H28N4O2/c1-15(2)24-22(28)20-14-17(8-11-23-20)21(27)25-18-4-6-19(7-5-18)26-12-9-16(3)10-13-26/h4-8,11,14-16H,9-10,12-13H2,1-3H3,(H,24,28)(H,25,27). The number of benzene rings is 1.